The number of anilines is 1. The van der Waals surface area contributed by atoms with E-state index in [0.29, 0.717) is 11.4 Å². The molecule has 4 rings (SSSR count). The minimum absolute atomic E-state index is 0.0420. The van der Waals surface area contributed by atoms with Crippen LogP contribution in [0.2, 0.25) is 0 Å². The van der Waals surface area contributed by atoms with Gasteiger partial charge in [0, 0.05) is 51.1 Å². The van der Waals surface area contributed by atoms with Gasteiger partial charge in [-0.25, -0.2) is 15.0 Å². The molecule has 6 nitrogen and oxygen atoms in total. The summed E-state index contributed by atoms with van der Waals surface area (Å²) in [5.41, 5.74) is 1.74. The molecule has 22 heavy (non-hydrogen) atoms. The van der Waals surface area contributed by atoms with Crippen LogP contribution in [0.1, 0.15) is 28.2 Å². The molecule has 0 aliphatic carbocycles. The summed E-state index contributed by atoms with van der Waals surface area (Å²) in [6.45, 7) is 2.68. The summed E-state index contributed by atoms with van der Waals surface area (Å²) in [5.74, 6) is 0.738. The number of hydrogen-bond donors (Lipinski definition) is 0. The average molecular weight is 314 g/mol. The van der Waals surface area contributed by atoms with Crippen molar-refractivity contribution in [3.05, 3.63) is 30.0 Å². The van der Waals surface area contributed by atoms with Crippen LogP contribution in [0.4, 0.5) is 5.95 Å². The van der Waals surface area contributed by atoms with Crippen molar-refractivity contribution in [1.82, 2.24) is 19.9 Å². The highest BCUT2D eigenvalue weighted by Gasteiger charge is 2.26. The standard InChI is InChI=1S/C15H16N5OS/c1-19-7-4-11-12(14(19)21)22-13(18-11)10-8-16-15(17-9-10)20-5-2-3-6-20/h8-9H,1-7H2. The highest BCUT2D eigenvalue weighted by atomic mass is 32.1. The van der Waals surface area contributed by atoms with E-state index in [4.69, 9.17) is 0 Å². The molecule has 0 N–H and O–H groups in total. The molecule has 2 aromatic rings. The zero-order valence-corrected chi connectivity index (χ0v) is 13.0. The Morgan fingerprint density at radius 3 is 2.59 bits per heavy atom. The second-order valence-electron chi connectivity index (χ2n) is 5.58. The van der Waals surface area contributed by atoms with Crippen molar-refractivity contribution >= 4 is 23.2 Å². The molecule has 113 valence electrons. The van der Waals surface area contributed by atoms with Gasteiger partial charge in [-0.3, -0.25) is 4.79 Å². The van der Waals surface area contributed by atoms with E-state index in [1.54, 1.807) is 12.4 Å². The third-order valence-electron chi connectivity index (χ3n) is 4.07. The number of nitrogens with zero attached hydrogens (tertiary/aromatic N) is 5. The lowest BCUT2D eigenvalue weighted by Crippen LogP contribution is -2.31. The minimum atomic E-state index is -0.0420. The van der Waals surface area contributed by atoms with Gasteiger partial charge in [-0.05, 0) is 12.8 Å². The molecule has 1 saturated heterocycles. The SMILES string of the molecule is [CH2]N1CCc2nc(-c3cnc(N4CCCC4)nc3)sc2C1=O. The molecular formula is C15H16N5OS. The van der Waals surface area contributed by atoms with E-state index in [0.717, 1.165) is 41.7 Å². The summed E-state index contributed by atoms with van der Waals surface area (Å²) < 4.78 is 0. The van der Waals surface area contributed by atoms with Gasteiger partial charge in [0.15, 0.2) is 0 Å². The van der Waals surface area contributed by atoms with Crippen molar-refractivity contribution in [3.63, 3.8) is 0 Å². The van der Waals surface area contributed by atoms with E-state index < -0.39 is 0 Å². The van der Waals surface area contributed by atoms with Gasteiger partial charge in [-0.1, -0.05) is 0 Å². The van der Waals surface area contributed by atoms with Gasteiger partial charge in [0.25, 0.3) is 5.91 Å². The predicted molar refractivity (Wildman–Crippen MR) is 84.7 cm³/mol. The molecule has 0 saturated carbocycles. The minimum Gasteiger partial charge on any atom is -0.341 e. The molecule has 2 aromatic heterocycles. The monoisotopic (exact) mass is 314 g/mol. The lowest BCUT2D eigenvalue weighted by atomic mass is 10.2. The lowest BCUT2D eigenvalue weighted by molar-refractivity contribution is 0.0809. The summed E-state index contributed by atoms with van der Waals surface area (Å²) in [6.07, 6.45) is 6.77. The van der Waals surface area contributed by atoms with Crippen LogP contribution in [0.25, 0.3) is 10.6 Å². The highest BCUT2D eigenvalue weighted by molar-refractivity contribution is 7.17. The summed E-state index contributed by atoms with van der Waals surface area (Å²) in [4.78, 5) is 30.0. The van der Waals surface area contributed by atoms with Crippen molar-refractivity contribution in [2.75, 3.05) is 24.5 Å². The van der Waals surface area contributed by atoms with Crippen LogP contribution in [0.3, 0.4) is 0 Å². The molecular weight excluding hydrogens is 298 g/mol. The number of carbonyl (C=O) groups excluding carboxylic acids is 1. The first-order valence-corrected chi connectivity index (χ1v) is 8.23. The number of rotatable bonds is 2. The van der Waals surface area contributed by atoms with E-state index >= 15 is 0 Å². The van der Waals surface area contributed by atoms with Crippen LogP contribution in [0, 0.1) is 7.05 Å². The van der Waals surface area contributed by atoms with Crippen LogP contribution in [0.5, 0.6) is 0 Å². The molecule has 7 heteroatoms. The Labute approximate surface area is 132 Å². The molecule has 2 aliphatic heterocycles. The number of carbonyl (C=O) groups is 1. The fourth-order valence-electron chi connectivity index (χ4n) is 2.81. The van der Waals surface area contributed by atoms with E-state index in [2.05, 4.69) is 26.9 Å². The van der Waals surface area contributed by atoms with Gasteiger partial charge in [0.1, 0.15) is 9.88 Å². The number of aromatic nitrogens is 3. The summed E-state index contributed by atoms with van der Waals surface area (Å²) in [5, 5.41) is 0.807. The normalized spacial score (nSPS) is 18.0. The second-order valence-corrected chi connectivity index (χ2v) is 6.58. The number of amides is 1. The van der Waals surface area contributed by atoms with Gasteiger partial charge >= 0.3 is 0 Å². The van der Waals surface area contributed by atoms with Crippen LogP contribution < -0.4 is 4.90 Å². The fourth-order valence-corrected chi connectivity index (χ4v) is 3.86. The molecule has 0 bridgehead atoms. The summed E-state index contributed by atoms with van der Waals surface area (Å²) >= 11 is 1.40. The third kappa shape index (κ3) is 2.25. The Morgan fingerprint density at radius 1 is 1.14 bits per heavy atom. The maximum atomic E-state index is 12.1. The van der Waals surface area contributed by atoms with Crippen LogP contribution in [-0.2, 0) is 6.42 Å². The Kier molecular flexibility index (Phi) is 3.29. The van der Waals surface area contributed by atoms with E-state index in [1.165, 1.54) is 29.1 Å². The van der Waals surface area contributed by atoms with Gasteiger partial charge in [-0.15, -0.1) is 11.3 Å². The largest absolute Gasteiger partial charge is 0.341 e. The summed E-state index contributed by atoms with van der Waals surface area (Å²) in [7, 11) is 3.75. The summed E-state index contributed by atoms with van der Waals surface area (Å²) in [6, 6.07) is 0. The van der Waals surface area contributed by atoms with Gasteiger partial charge in [0.2, 0.25) is 5.95 Å². The Balaban J connectivity index is 1.62. The molecule has 1 amide bonds. The predicted octanol–water partition coefficient (Wildman–Crippen LogP) is 1.99. The lowest BCUT2D eigenvalue weighted by Gasteiger charge is -2.20. The molecule has 0 spiro atoms. The van der Waals surface area contributed by atoms with Crippen molar-refractivity contribution in [1.29, 1.82) is 0 Å². The smallest absolute Gasteiger partial charge is 0.265 e. The topological polar surface area (TPSA) is 62.2 Å². The Hall–Kier alpha value is -2.02. The molecule has 1 fully saturated rings. The van der Waals surface area contributed by atoms with Crippen LogP contribution in [-0.4, -0.2) is 45.4 Å². The molecule has 4 heterocycles. The molecule has 1 radical (unpaired) electrons. The third-order valence-corrected chi connectivity index (χ3v) is 5.21. The van der Waals surface area contributed by atoms with Crippen molar-refractivity contribution in [2.45, 2.75) is 19.3 Å². The Bertz CT molecular complexity index is 705. The number of thiazole rings is 1. The average Bonchev–Trinajstić information content (AvgIpc) is 3.21. The first-order valence-electron chi connectivity index (χ1n) is 7.42. The maximum Gasteiger partial charge on any atom is 0.265 e. The molecule has 2 aliphatic rings. The molecule has 0 aromatic carbocycles. The van der Waals surface area contributed by atoms with E-state index in [9.17, 15) is 4.79 Å². The highest BCUT2D eigenvalue weighted by Crippen LogP contribution is 2.31. The zero-order valence-electron chi connectivity index (χ0n) is 12.2. The molecule has 0 atom stereocenters. The van der Waals surface area contributed by atoms with Crippen molar-refractivity contribution < 1.29 is 4.79 Å². The van der Waals surface area contributed by atoms with Crippen LogP contribution in [0.15, 0.2) is 12.4 Å². The second kappa shape index (κ2) is 5.31. The Morgan fingerprint density at radius 2 is 1.86 bits per heavy atom. The fraction of sp³-hybridized carbons (Fsp3) is 0.400. The quantitative estimate of drug-likeness (QED) is 0.848. The number of hydrogen-bond acceptors (Lipinski definition) is 6. The van der Waals surface area contributed by atoms with Crippen molar-refractivity contribution in [2.24, 2.45) is 0 Å². The molecule has 0 unspecified atom stereocenters. The maximum absolute atomic E-state index is 12.1. The van der Waals surface area contributed by atoms with Crippen molar-refractivity contribution in [3.8, 4) is 10.6 Å². The van der Waals surface area contributed by atoms with Gasteiger partial charge < -0.3 is 9.80 Å². The first kappa shape index (κ1) is 13.6. The zero-order chi connectivity index (χ0) is 15.1. The first-order chi connectivity index (χ1) is 10.7. The number of fused-ring (bicyclic) bond motifs is 1. The van der Waals surface area contributed by atoms with Gasteiger partial charge in [-0.2, -0.15) is 0 Å². The van der Waals surface area contributed by atoms with Gasteiger partial charge in [0.05, 0.1) is 5.69 Å². The van der Waals surface area contributed by atoms with Crippen LogP contribution >= 0.6 is 11.3 Å². The van der Waals surface area contributed by atoms with E-state index in [1.807, 2.05) is 0 Å². The van der Waals surface area contributed by atoms with E-state index in [-0.39, 0.29) is 5.91 Å².